The van der Waals surface area contributed by atoms with Gasteiger partial charge in [-0.25, -0.2) is 9.98 Å². The van der Waals surface area contributed by atoms with Crippen molar-refractivity contribution in [3.8, 4) is 5.75 Å². The van der Waals surface area contributed by atoms with E-state index in [0.717, 1.165) is 48.5 Å². The van der Waals surface area contributed by atoms with Gasteiger partial charge in [0.05, 0.1) is 0 Å². The molecule has 0 bridgehead atoms. The second-order valence-corrected chi connectivity index (χ2v) is 7.05. The molecule has 3 N–H and O–H groups in total. The van der Waals surface area contributed by atoms with Crippen LogP contribution in [0.25, 0.3) is 17.1 Å². The number of H-pyrrole nitrogens is 1. The van der Waals surface area contributed by atoms with E-state index in [1.165, 1.54) is 0 Å². The van der Waals surface area contributed by atoms with Gasteiger partial charge in [0.1, 0.15) is 17.1 Å². The number of amides is 1. The van der Waals surface area contributed by atoms with Crippen LogP contribution >= 0.6 is 0 Å². The zero-order valence-electron chi connectivity index (χ0n) is 15.7. The molecular weight excluding hydrogens is 368 g/mol. The number of aromatic hydroxyl groups is 1. The van der Waals surface area contributed by atoms with Gasteiger partial charge in [-0.15, -0.1) is 0 Å². The second-order valence-electron chi connectivity index (χ2n) is 7.05. The molecule has 2 aliphatic heterocycles. The van der Waals surface area contributed by atoms with Gasteiger partial charge in [-0.2, -0.15) is 0 Å². The summed E-state index contributed by atoms with van der Waals surface area (Å²) in [6, 6.07) is 11.1. The minimum atomic E-state index is -0.195. The molecule has 1 saturated heterocycles. The van der Waals surface area contributed by atoms with E-state index < -0.39 is 0 Å². The van der Waals surface area contributed by atoms with Gasteiger partial charge in [-0.05, 0) is 42.5 Å². The molecule has 2 aromatic heterocycles. The van der Waals surface area contributed by atoms with Crippen LogP contribution in [0.15, 0.2) is 59.5 Å². The van der Waals surface area contributed by atoms with Gasteiger partial charge in [-0.3, -0.25) is 10.1 Å². The number of nitrogens with zero attached hydrogens (tertiary/aromatic N) is 4. The van der Waals surface area contributed by atoms with Gasteiger partial charge in [0.25, 0.3) is 5.91 Å². The molecule has 1 amide bonds. The third kappa shape index (κ3) is 3.29. The number of anilines is 1. The highest BCUT2D eigenvalue weighted by molar-refractivity contribution is 6.14. The van der Waals surface area contributed by atoms with E-state index >= 15 is 0 Å². The molecule has 1 aromatic carbocycles. The number of piperazine rings is 1. The van der Waals surface area contributed by atoms with Crippen molar-refractivity contribution in [2.45, 2.75) is 0 Å². The van der Waals surface area contributed by atoms with Crippen molar-refractivity contribution in [3.05, 3.63) is 60.1 Å². The number of hydrogen-bond acceptors (Lipinski definition) is 6. The van der Waals surface area contributed by atoms with E-state index in [1.807, 2.05) is 30.5 Å². The first-order valence-corrected chi connectivity index (χ1v) is 9.50. The molecule has 4 heterocycles. The zero-order valence-corrected chi connectivity index (χ0v) is 15.7. The molecule has 0 spiro atoms. The number of pyridine rings is 1. The van der Waals surface area contributed by atoms with Crippen molar-refractivity contribution in [3.63, 3.8) is 0 Å². The predicted molar refractivity (Wildman–Crippen MR) is 112 cm³/mol. The Hall–Kier alpha value is -3.81. The number of nitrogens with one attached hydrogen (secondary N) is 2. The number of aliphatic imine (C=N–C) groups is 1. The maximum Gasteiger partial charge on any atom is 0.276 e. The van der Waals surface area contributed by atoms with E-state index in [9.17, 15) is 9.90 Å². The van der Waals surface area contributed by atoms with Crippen LogP contribution in [0.4, 0.5) is 5.69 Å². The van der Waals surface area contributed by atoms with E-state index in [-0.39, 0.29) is 11.7 Å². The molecule has 2 aliphatic rings. The van der Waals surface area contributed by atoms with Crippen LogP contribution < -0.4 is 10.2 Å². The van der Waals surface area contributed by atoms with Crippen LogP contribution in [0, 0.1) is 0 Å². The molecule has 29 heavy (non-hydrogen) atoms. The number of hydrogen-bond donors (Lipinski definition) is 3. The summed E-state index contributed by atoms with van der Waals surface area (Å²) in [4.78, 5) is 28.7. The van der Waals surface area contributed by atoms with Crippen molar-refractivity contribution >= 4 is 34.7 Å². The maximum atomic E-state index is 12.4. The molecule has 146 valence electrons. The van der Waals surface area contributed by atoms with E-state index in [0.29, 0.717) is 11.7 Å². The fourth-order valence-corrected chi connectivity index (χ4v) is 3.69. The molecule has 3 aromatic rings. The molecule has 8 heteroatoms. The van der Waals surface area contributed by atoms with Crippen molar-refractivity contribution < 1.29 is 9.90 Å². The Morgan fingerprint density at radius 3 is 2.59 bits per heavy atom. The summed E-state index contributed by atoms with van der Waals surface area (Å²) in [5, 5.41) is 13.3. The Morgan fingerprint density at radius 1 is 1.03 bits per heavy atom. The molecular formula is C21H20N6O2. The average Bonchev–Trinajstić information content (AvgIpc) is 3.33. The lowest BCUT2D eigenvalue weighted by Gasteiger charge is -2.36. The van der Waals surface area contributed by atoms with Crippen molar-refractivity contribution in [2.24, 2.45) is 4.99 Å². The third-order valence-electron chi connectivity index (χ3n) is 5.25. The van der Waals surface area contributed by atoms with E-state index in [2.05, 4.69) is 30.1 Å². The van der Waals surface area contributed by atoms with Crippen molar-refractivity contribution in [1.29, 1.82) is 0 Å². The van der Waals surface area contributed by atoms with Crippen LogP contribution in [0.5, 0.6) is 5.75 Å². The smallest absolute Gasteiger partial charge is 0.276 e. The lowest BCUT2D eigenvalue weighted by Crippen LogP contribution is -2.52. The summed E-state index contributed by atoms with van der Waals surface area (Å²) in [6.45, 7) is 3.13. The molecule has 0 atom stereocenters. The standard InChI is InChI=1S/C21H20N6O2/c28-16-5-3-15(4-6-16)26-8-10-27(11-9-26)21-24-18(20(29)25-21)12-14-13-23-19-17(14)2-1-7-22-19/h1-7,12-13,28H,8-11H2,(H,22,23)(H,24,25,29)/b18-12-. The summed E-state index contributed by atoms with van der Waals surface area (Å²) in [5.74, 6) is 0.671. The number of aromatic amines is 1. The Kier molecular flexibility index (Phi) is 4.16. The number of benzene rings is 1. The van der Waals surface area contributed by atoms with Crippen LogP contribution in [0.2, 0.25) is 0 Å². The van der Waals surface area contributed by atoms with E-state index in [1.54, 1.807) is 24.4 Å². The van der Waals surface area contributed by atoms with Gasteiger partial charge in [0, 0.05) is 55.2 Å². The number of guanidine groups is 1. The highest BCUT2D eigenvalue weighted by atomic mass is 16.3. The normalized spacial score (nSPS) is 18.4. The first-order chi connectivity index (χ1) is 14.2. The topological polar surface area (TPSA) is 96.9 Å². The molecule has 0 aliphatic carbocycles. The third-order valence-corrected chi connectivity index (χ3v) is 5.25. The fourth-order valence-electron chi connectivity index (χ4n) is 3.69. The van der Waals surface area contributed by atoms with Crippen LogP contribution in [0.3, 0.4) is 0 Å². The summed E-state index contributed by atoms with van der Waals surface area (Å²) < 4.78 is 0. The molecule has 8 nitrogen and oxygen atoms in total. The van der Waals surface area contributed by atoms with Crippen LogP contribution in [-0.4, -0.2) is 58.0 Å². The Bertz CT molecular complexity index is 1120. The van der Waals surface area contributed by atoms with Crippen molar-refractivity contribution in [1.82, 2.24) is 20.2 Å². The number of carbonyl (C=O) groups excluding carboxylic acids is 1. The van der Waals surface area contributed by atoms with Crippen molar-refractivity contribution in [2.75, 3.05) is 31.1 Å². The zero-order chi connectivity index (χ0) is 19.8. The molecule has 1 fully saturated rings. The minimum absolute atomic E-state index is 0.195. The Morgan fingerprint density at radius 2 is 1.79 bits per heavy atom. The van der Waals surface area contributed by atoms with Crippen LogP contribution in [0.1, 0.15) is 5.56 Å². The van der Waals surface area contributed by atoms with Gasteiger partial charge >= 0.3 is 0 Å². The summed E-state index contributed by atoms with van der Waals surface area (Å²) >= 11 is 0. The number of aromatic nitrogens is 2. The van der Waals surface area contributed by atoms with Gasteiger partial charge in [0.2, 0.25) is 5.96 Å². The van der Waals surface area contributed by atoms with Crippen LogP contribution in [-0.2, 0) is 4.79 Å². The predicted octanol–water partition coefficient (Wildman–Crippen LogP) is 1.92. The minimum Gasteiger partial charge on any atom is -0.508 e. The lowest BCUT2D eigenvalue weighted by molar-refractivity contribution is -0.115. The first-order valence-electron chi connectivity index (χ1n) is 9.50. The summed E-state index contributed by atoms with van der Waals surface area (Å²) in [5.41, 5.74) is 3.15. The van der Waals surface area contributed by atoms with Gasteiger partial charge < -0.3 is 19.9 Å². The number of carbonyl (C=O) groups is 1. The molecule has 0 saturated carbocycles. The molecule has 5 rings (SSSR count). The van der Waals surface area contributed by atoms with E-state index in [4.69, 9.17) is 0 Å². The largest absolute Gasteiger partial charge is 0.508 e. The number of phenols is 1. The molecule has 0 unspecified atom stereocenters. The Balaban J connectivity index is 1.31. The monoisotopic (exact) mass is 388 g/mol. The average molecular weight is 388 g/mol. The first kappa shape index (κ1) is 17.3. The number of rotatable bonds is 2. The second kappa shape index (κ2) is 6.97. The summed E-state index contributed by atoms with van der Waals surface area (Å²) in [6.07, 6.45) is 5.35. The SMILES string of the molecule is O=C1NC(N2CCN(c3ccc(O)cc3)CC2)=N/C1=C\c1c[nH]c2ncccc12. The summed E-state index contributed by atoms with van der Waals surface area (Å²) in [7, 11) is 0. The maximum absolute atomic E-state index is 12.4. The number of phenolic OH excluding ortho intramolecular Hbond substituents is 1. The quantitative estimate of drug-likeness (QED) is 0.583. The number of fused-ring (bicyclic) bond motifs is 1. The fraction of sp³-hybridized carbons (Fsp3) is 0.190. The van der Waals surface area contributed by atoms with Gasteiger partial charge in [0.15, 0.2) is 0 Å². The van der Waals surface area contributed by atoms with Gasteiger partial charge in [-0.1, -0.05) is 0 Å². The Labute approximate surface area is 167 Å². The molecule has 0 radical (unpaired) electrons. The highest BCUT2D eigenvalue weighted by Crippen LogP contribution is 2.22. The highest BCUT2D eigenvalue weighted by Gasteiger charge is 2.27. The lowest BCUT2D eigenvalue weighted by atomic mass is 10.2.